The number of hydrogen-bond donors (Lipinski definition) is 1. The fourth-order valence-electron chi connectivity index (χ4n) is 4.10. The van der Waals surface area contributed by atoms with Crippen molar-refractivity contribution in [3.05, 3.63) is 53.6 Å². The Morgan fingerprint density at radius 1 is 0.704 bits per heavy atom. The lowest BCUT2D eigenvalue weighted by Crippen LogP contribution is -1.98. The fraction of sp³-hybridized carbons (Fsp3) is 0.538. The number of benzene rings is 2. The van der Waals surface area contributed by atoms with Gasteiger partial charge in [0.1, 0.15) is 5.75 Å². The molecular weight excluding hydrogens is 328 g/mol. The highest BCUT2D eigenvalue weighted by Crippen LogP contribution is 2.35. The summed E-state index contributed by atoms with van der Waals surface area (Å²) >= 11 is 0. The average Bonchev–Trinajstić information content (AvgIpc) is 2.70. The molecule has 0 aromatic heterocycles. The number of phenols is 1. The van der Waals surface area contributed by atoms with E-state index >= 15 is 0 Å². The first-order chi connectivity index (χ1) is 13.1. The Hall–Kier alpha value is -1.76. The average molecular weight is 367 g/mol. The molecule has 2 aromatic rings. The second-order valence-electron chi connectivity index (χ2n) is 7.89. The minimum atomic E-state index is 0.410. The quantitative estimate of drug-likeness (QED) is 0.423. The first-order valence-electron chi connectivity index (χ1n) is 11.1. The van der Waals surface area contributed by atoms with Crippen LogP contribution in [0, 0.1) is 0 Å². The first-order valence-corrected chi connectivity index (χ1v) is 11.1. The zero-order chi connectivity index (χ0) is 19.6. The predicted molar refractivity (Wildman–Crippen MR) is 119 cm³/mol. The van der Waals surface area contributed by atoms with Crippen molar-refractivity contribution in [3.8, 4) is 16.9 Å². The van der Waals surface area contributed by atoms with E-state index in [9.17, 15) is 5.11 Å². The van der Waals surface area contributed by atoms with Crippen LogP contribution in [0.25, 0.3) is 11.1 Å². The van der Waals surface area contributed by atoms with Crippen molar-refractivity contribution in [2.75, 3.05) is 0 Å². The van der Waals surface area contributed by atoms with Gasteiger partial charge in [0.25, 0.3) is 0 Å². The summed E-state index contributed by atoms with van der Waals surface area (Å²) < 4.78 is 0. The van der Waals surface area contributed by atoms with Crippen molar-refractivity contribution in [2.45, 2.75) is 90.9 Å². The van der Waals surface area contributed by atoms with E-state index in [1.165, 1.54) is 56.1 Å². The Morgan fingerprint density at radius 3 is 1.70 bits per heavy atom. The molecule has 0 aliphatic rings. The van der Waals surface area contributed by atoms with Crippen LogP contribution in [0.1, 0.15) is 102 Å². The molecule has 0 spiro atoms. The molecule has 148 valence electrons. The second-order valence-corrected chi connectivity index (χ2v) is 7.89. The van der Waals surface area contributed by atoms with Gasteiger partial charge in [-0.05, 0) is 60.3 Å². The summed E-state index contributed by atoms with van der Waals surface area (Å²) in [6, 6.07) is 15.2. The molecule has 27 heavy (non-hydrogen) atoms. The molecule has 1 nitrogen and oxygen atoms in total. The largest absolute Gasteiger partial charge is 0.507 e. The van der Waals surface area contributed by atoms with Crippen LogP contribution >= 0.6 is 0 Å². The third-order valence-corrected chi connectivity index (χ3v) is 5.98. The van der Waals surface area contributed by atoms with E-state index in [2.05, 4.69) is 64.1 Å². The molecule has 0 saturated heterocycles. The normalized spacial score (nSPS) is 13.5. The number of hydrogen-bond acceptors (Lipinski definition) is 1. The van der Waals surface area contributed by atoms with Gasteiger partial charge in [-0.3, -0.25) is 0 Å². The van der Waals surface area contributed by atoms with Gasteiger partial charge in [0.05, 0.1) is 0 Å². The second kappa shape index (κ2) is 11.2. The molecular formula is C26H38O. The highest BCUT2D eigenvalue weighted by atomic mass is 16.3. The van der Waals surface area contributed by atoms with Crippen LogP contribution in [-0.2, 0) is 0 Å². The maximum Gasteiger partial charge on any atom is 0.123 e. The van der Waals surface area contributed by atoms with Gasteiger partial charge >= 0.3 is 0 Å². The number of phenolic OH excluding ortho intramolecular Hbond substituents is 1. The SMILES string of the molecule is CCCCC(CC)c1ccc(-c2ccc(C(CC)CCCC)cc2O)cc1. The number of aromatic hydroxyl groups is 1. The van der Waals surface area contributed by atoms with E-state index < -0.39 is 0 Å². The fourth-order valence-corrected chi connectivity index (χ4v) is 4.10. The maximum atomic E-state index is 10.7. The molecule has 2 atom stereocenters. The summed E-state index contributed by atoms with van der Waals surface area (Å²) in [5.41, 5.74) is 4.75. The van der Waals surface area contributed by atoms with E-state index in [1.54, 1.807) is 0 Å². The lowest BCUT2D eigenvalue weighted by molar-refractivity contribution is 0.474. The van der Waals surface area contributed by atoms with E-state index in [1.807, 2.05) is 6.07 Å². The molecule has 1 heteroatoms. The summed E-state index contributed by atoms with van der Waals surface area (Å²) in [6.07, 6.45) is 9.81. The number of rotatable bonds is 11. The highest BCUT2D eigenvalue weighted by Gasteiger charge is 2.13. The summed E-state index contributed by atoms with van der Waals surface area (Å²) in [5.74, 6) is 1.61. The van der Waals surface area contributed by atoms with Gasteiger partial charge < -0.3 is 5.11 Å². The van der Waals surface area contributed by atoms with E-state index in [0.717, 1.165) is 17.5 Å². The molecule has 2 unspecified atom stereocenters. The van der Waals surface area contributed by atoms with E-state index in [-0.39, 0.29) is 0 Å². The van der Waals surface area contributed by atoms with E-state index in [0.29, 0.717) is 17.6 Å². The van der Waals surface area contributed by atoms with Gasteiger partial charge in [0.15, 0.2) is 0 Å². The molecule has 1 N–H and O–H groups in total. The Labute approximate surface area is 166 Å². The van der Waals surface area contributed by atoms with Gasteiger partial charge in [-0.1, -0.05) is 89.8 Å². The molecule has 0 fully saturated rings. The third kappa shape index (κ3) is 5.86. The van der Waals surface area contributed by atoms with Crippen LogP contribution in [0.2, 0.25) is 0 Å². The van der Waals surface area contributed by atoms with Crippen molar-refractivity contribution in [1.29, 1.82) is 0 Å². The molecule has 0 heterocycles. The summed E-state index contributed by atoms with van der Waals surface area (Å²) in [5, 5.41) is 10.7. The van der Waals surface area contributed by atoms with Gasteiger partial charge in [0, 0.05) is 5.56 Å². The van der Waals surface area contributed by atoms with Gasteiger partial charge in [-0.25, -0.2) is 0 Å². The molecule has 0 aliphatic heterocycles. The molecule has 2 aromatic carbocycles. The zero-order valence-corrected chi connectivity index (χ0v) is 17.8. The van der Waals surface area contributed by atoms with Crippen molar-refractivity contribution in [2.24, 2.45) is 0 Å². The molecule has 0 saturated carbocycles. The molecule has 2 rings (SSSR count). The molecule has 0 radical (unpaired) electrons. The number of unbranched alkanes of at least 4 members (excludes halogenated alkanes) is 2. The van der Waals surface area contributed by atoms with Crippen LogP contribution < -0.4 is 0 Å². The minimum absolute atomic E-state index is 0.410. The van der Waals surface area contributed by atoms with Crippen molar-refractivity contribution in [3.63, 3.8) is 0 Å². The Bertz CT molecular complexity index is 671. The van der Waals surface area contributed by atoms with Crippen molar-refractivity contribution < 1.29 is 5.11 Å². The summed E-state index contributed by atoms with van der Waals surface area (Å²) in [4.78, 5) is 0. The Balaban J connectivity index is 2.18. The summed E-state index contributed by atoms with van der Waals surface area (Å²) in [6.45, 7) is 9.02. The minimum Gasteiger partial charge on any atom is -0.507 e. The van der Waals surface area contributed by atoms with Gasteiger partial charge in [0.2, 0.25) is 0 Å². The van der Waals surface area contributed by atoms with Gasteiger partial charge in [-0.2, -0.15) is 0 Å². The maximum absolute atomic E-state index is 10.7. The lowest BCUT2D eigenvalue weighted by Gasteiger charge is -2.17. The molecule has 0 amide bonds. The van der Waals surface area contributed by atoms with Crippen LogP contribution in [0.15, 0.2) is 42.5 Å². The topological polar surface area (TPSA) is 20.2 Å². The van der Waals surface area contributed by atoms with Crippen LogP contribution in [0.5, 0.6) is 5.75 Å². The summed E-state index contributed by atoms with van der Waals surface area (Å²) in [7, 11) is 0. The predicted octanol–water partition coefficient (Wildman–Crippen LogP) is 8.43. The van der Waals surface area contributed by atoms with E-state index in [4.69, 9.17) is 0 Å². The smallest absolute Gasteiger partial charge is 0.123 e. The van der Waals surface area contributed by atoms with Crippen molar-refractivity contribution in [1.82, 2.24) is 0 Å². The van der Waals surface area contributed by atoms with Crippen LogP contribution in [0.3, 0.4) is 0 Å². The van der Waals surface area contributed by atoms with Crippen LogP contribution in [-0.4, -0.2) is 5.11 Å². The first kappa shape index (κ1) is 21.5. The third-order valence-electron chi connectivity index (χ3n) is 5.98. The molecule has 0 aliphatic carbocycles. The van der Waals surface area contributed by atoms with Crippen LogP contribution in [0.4, 0.5) is 0 Å². The van der Waals surface area contributed by atoms with Gasteiger partial charge in [-0.15, -0.1) is 0 Å². The standard InChI is InChI=1S/C26H38O/c1-5-9-11-20(7-3)22-13-15-23(16-14-22)25-18-17-24(19-26(25)27)21(8-4)12-10-6-2/h13-21,27H,5-12H2,1-4H3. The Kier molecular flexibility index (Phi) is 8.91. The molecule has 0 bridgehead atoms. The highest BCUT2D eigenvalue weighted by molar-refractivity contribution is 5.70. The lowest BCUT2D eigenvalue weighted by atomic mass is 9.88. The van der Waals surface area contributed by atoms with Crippen molar-refractivity contribution >= 4 is 0 Å². The zero-order valence-electron chi connectivity index (χ0n) is 17.8. The Morgan fingerprint density at radius 2 is 1.22 bits per heavy atom. The monoisotopic (exact) mass is 366 g/mol.